The van der Waals surface area contributed by atoms with Crippen LogP contribution in [-0.4, -0.2) is 41.1 Å². The van der Waals surface area contributed by atoms with Crippen LogP contribution in [0.25, 0.3) is 11.3 Å². The minimum absolute atomic E-state index is 0.0859. The lowest BCUT2D eigenvalue weighted by Crippen LogP contribution is -2.51. The van der Waals surface area contributed by atoms with Gasteiger partial charge in [-0.1, -0.05) is 12.1 Å². The fourth-order valence-corrected chi connectivity index (χ4v) is 4.14. The molecule has 4 rings (SSSR count). The van der Waals surface area contributed by atoms with Crippen molar-refractivity contribution in [3.63, 3.8) is 0 Å². The van der Waals surface area contributed by atoms with Gasteiger partial charge in [-0.15, -0.1) is 0 Å². The molecule has 2 atom stereocenters. The van der Waals surface area contributed by atoms with E-state index in [9.17, 15) is 26.7 Å². The molecule has 0 bridgehead atoms. The summed E-state index contributed by atoms with van der Waals surface area (Å²) >= 11 is 0. The number of ketones is 1. The molecule has 2 N–H and O–H groups in total. The minimum Gasteiger partial charge on any atom is -0.369 e. The summed E-state index contributed by atoms with van der Waals surface area (Å²) in [6.07, 6.45) is -1.96. The molecule has 2 unspecified atom stereocenters. The maximum atomic E-state index is 14.3. The molecule has 3 aromatic rings. The quantitative estimate of drug-likeness (QED) is 0.432. The first-order valence-corrected chi connectivity index (χ1v) is 10.6. The molecule has 5 nitrogen and oxygen atoms in total. The Morgan fingerprint density at radius 3 is 2.56 bits per heavy atom. The minimum atomic E-state index is -4.39. The van der Waals surface area contributed by atoms with Crippen LogP contribution in [0.3, 0.4) is 0 Å². The van der Waals surface area contributed by atoms with Gasteiger partial charge >= 0.3 is 6.18 Å². The van der Waals surface area contributed by atoms with Crippen molar-refractivity contribution in [2.75, 3.05) is 18.0 Å². The number of alkyl halides is 3. The number of benzene rings is 1. The maximum absolute atomic E-state index is 14.3. The zero-order chi connectivity index (χ0) is 24.5. The normalized spacial score (nSPS) is 18.7. The summed E-state index contributed by atoms with van der Waals surface area (Å²) in [4.78, 5) is 22.5. The second kappa shape index (κ2) is 9.46. The highest BCUT2D eigenvalue weighted by Gasteiger charge is 2.44. The highest BCUT2D eigenvalue weighted by Crippen LogP contribution is 2.35. The van der Waals surface area contributed by atoms with Gasteiger partial charge in [0.25, 0.3) is 0 Å². The highest BCUT2D eigenvalue weighted by molar-refractivity contribution is 5.97. The van der Waals surface area contributed by atoms with Crippen LogP contribution in [0.4, 0.5) is 27.6 Å². The third-order valence-corrected chi connectivity index (χ3v) is 5.78. The Morgan fingerprint density at radius 1 is 1.06 bits per heavy atom. The molecular weight excluding hydrogens is 455 g/mol. The fourth-order valence-electron chi connectivity index (χ4n) is 4.14. The molecule has 0 aliphatic carbocycles. The predicted octanol–water partition coefficient (Wildman–Crippen LogP) is 4.56. The Labute approximate surface area is 192 Å². The van der Waals surface area contributed by atoms with Gasteiger partial charge in [0.15, 0.2) is 5.78 Å². The SMILES string of the molecule is NC1CC(C(F)(F)F)CN(c2ccncc2CC(=O)c2ccc(F)c(-c3ccccc3F)n2)C1. The van der Waals surface area contributed by atoms with E-state index in [0.717, 1.165) is 12.1 Å². The van der Waals surface area contributed by atoms with E-state index in [-0.39, 0.29) is 42.9 Å². The molecule has 178 valence electrons. The number of pyridine rings is 2. The largest absolute Gasteiger partial charge is 0.393 e. The second-order valence-corrected chi connectivity index (χ2v) is 8.25. The number of carbonyl (C=O) groups excluding carboxylic acids is 1. The lowest BCUT2D eigenvalue weighted by Gasteiger charge is -2.39. The molecule has 1 fully saturated rings. The summed E-state index contributed by atoms with van der Waals surface area (Å²) in [5.74, 6) is -3.58. The summed E-state index contributed by atoms with van der Waals surface area (Å²) < 4.78 is 68.6. The molecule has 1 aromatic carbocycles. The first-order chi connectivity index (χ1) is 16.1. The van der Waals surface area contributed by atoms with Gasteiger partial charge in [-0.05, 0) is 36.8 Å². The molecule has 10 heteroatoms. The first-order valence-electron chi connectivity index (χ1n) is 10.6. The van der Waals surface area contributed by atoms with E-state index < -0.39 is 35.6 Å². The molecule has 3 heterocycles. The summed E-state index contributed by atoms with van der Waals surface area (Å²) in [6.45, 7) is -0.0847. The summed E-state index contributed by atoms with van der Waals surface area (Å²) in [5, 5.41) is 0. The molecule has 1 aliphatic heterocycles. The van der Waals surface area contributed by atoms with Gasteiger partial charge in [0.1, 0.15) is 23.0 Å². The first kappa shape index (κ1) is 23.7. The number of nitrogens with two attached hydrogens (primary N) is 1. The van der Waals surface area contributed by atoms with E-state index in [1.807, 2.05) is 0 Å². The summed E-state index contributed by atoms with van der Waals surface area (Å²) in [5.41, 5.74) is 6.21. The number of halogens is 5. The van der Waals surface area contributed by atoms with Crippen molar-refractivity contribution >= 4 is 11.5 Å². The molecule has 1 saturated heterocycles. The number of piperidine rings is 1. The Kier molecular flexibility index (Phi) is 6.60. The Bertz CT molecular complexity index is 1200. The van der Waals surface area contributed by atoms with Crippen molar-refractivity contribution in [3.05, 3.63) is 77.8 Å². The fraction of sp³-hybridized carbons (Fsp3) is 0.292. The van der Waals surface area contributed by atoms with Crippen LogP contribution in [0.2, 0.25) is 0 Å². The van der Waals surface area contributed by atoms with Gasteiger partial charge in [0, 0.05) is 54.8 Å². The van der Waals surface area contributed by atoms with E-state index in [1.54, 1.807) is 0 Å². The number of rotatable bonds is 5. The summed E-state index contributed by atoms with van der Waals surface area (Å²) in [6, 6.07) is 8.56. The Balaban J connectivity index is 1.61. The number of Topliss-reactive ketones (excluding diaryl/α,β-unsaturated/α-hetero) is 1. The molecule has 2 aromatic heterocycles. The van der Waals surface area contributed by atoms with E-state index in [2.05, 4.69) is 9.97 Å². The molecule has 0 radical (unpaired) electrons. The molecule has 34 heavy (non-hydrogen) atoms. The zero-order valence-electron chi connectivity index (χ0n) is 17.9. The Hall–Kier alpha value is -3.40. The smallest absolute Gasteiger partial charge is 0.369 e. The number of hydrogen-bond donors (Lipinski definition) is 1. The molecule has 1 aliphatic rings. The Morgan fingerprint density at radius 2 is 1.82 bits per heavy atom. The van der Waals surface area contributed by atoms with Crippen LogP contribution >= 0.6 is 0 Å². The molecular formula is C24H21F5N4O. The van der Waals surface area contributed by atoms with E-state index in [1.165, 1.54) is 47.6 Å². The number of anilines is 1. The van der Waals surface area contributed by atoms with Crippen LogP contribution in [0.5, 0.6) is 0 Å². The molecule has 0 amide bonds. The third kappa shape index (κ3) is 5.06. The van der Waals surface area contributed by atoms with Crippen LogP contribution in [0, 0.1) is 17.6 Å². The second-order valence-electron chi connectivity index (χ2n) is 8.25. The maximum Gasteiger partial charge on any atom is 0.393 e. The lowest BCUT2D eigenvalue weighted by molar-refractivity contribution is -0.177. The van der Waals surface area contributed by atoms with E-state index >= 15 is 0 Å². The van der Waals surface area contributed by atoms with Crippen molar-refractivity contribution in [1.82, 2.24) is 9.97 Å². The average molecular weight is 476 g/mol. The highest BCUT2D eigenvalue weighted by atomic mass is 19.4. The standard InChI is InChI=1S/C24H21F5N4O/c25-18-4-2-1-3-17(18)23-19(26)5-6-20(32-23)22(34)9-14-11-31-8-7-21(14)33-12-15(24(27,28)29)10-16(30)13-33/h1-8,11,15-16H,9-10,12-13,30H2. The van der Waals surface area contributed by atoms with Gasteiger partial charge in [-0.3, -0.25) is 9.78 Å². The van der Waals surface area contributed by atoms with Gasteiger partial charge < -0.3 is 10.6 Å². The van der Waals surface area contributed by atoms with E-state index in [4.69, 9.17) is 5.73 Å². The van der Waals surface area contributed by atoms with Gasteiger partial charge in [-0.25, -0.2) is 13.8 Å². The number of hydrogen-bond acceptors (Lipinski definition) is 5. The molecule has 0 spiro atoms. The summed E-state index contributed by atoms with van der Waals surface area (Å²) in [7, 11) is 0. The van der Waals surface area contributed by atoms with Crippen LogP contribution in [0.15, 0.2) is 54.9 Å². The van der Waals surface area contributed by atoms with Crippen LogP contribution < -0.4 is 10.6 Å². The van der Waals surface area contributed by atoms with Crippen molar-refractivity contribution in [1.29, 1.82) is 0 Å². The van der Waals surface area contributed by atoms with Crippen molar-refractivity contribution in [2.45, 2.75) is 25.1 Å². The average Bonchev–Trinajstić information content (AvgIpc) is 2.79. The third-order valence-electron chi connectivity index (χ3n) is 5.78. The van der Waals surface area contributed by atoms with Crippen LogP contribution in [-0.2, 0) is 6.42 Å². The topological polar surface area (TPSA) is 72.1 Å². The molecule has 0 saturated carbocycles. The number of carbonyl (C=O) groups is 1. The van der Waals surface area contributed by atoms with Gasteiger partial charge in [0.2, 0.25) is 0 Å². The van der Waals surface area contributed by atoms with Crippen molar-refractivity contribution in [3.8, 4) is 11.3 Å². The van der Waals surface area contributed by atoms with Crippen LogP contribution in [0.1, 0.15) is 22.5 Å². The van der Waals surface area contributed by atoms with E-state index in [0.29, 0.717) is 11.3 Å². The van der Waals surface area contributed by atoms with Crippen molar-refractivity contribution < 1.29 is 26.7 Å². The monoisotopic (exact) mass is 476 g/mol. The number of nitrogens with zero attached hydrogens (tertiary/aromatic N) is 3. The van der Waals surface area contributed by atoms with Crippen molar-refractivity contribution in [2.24, 2.45) is 11.7 Å². The zero-order valence-corrected chi connectivity index (χ0v) is 17.9. The van der Waals surface area contributed by atoms with Gasteiger partial charge in [-0.2, -0.15) is 13.2 Å². The van der Waals surface area contributed by atoms with Gasteiger partial charge in [0.05, 0.1) is 5.92 Å². The number of aromatic nitrogens is 2. The predicted molar refractivity (Wildman–Crippen MR) is 116 cm³/mol. The lowest BCUT2D eigenvalue weighted by atomic mass is 9.93.